The maximum atomic E-state index is 12.3. The van der Waals surface area contributed by atoms with Crippen LogP contribution in [0.4, 0.5) is 0 Å². The lowest BCUT2D eigenvalue weighted by molar-refractivity contribution is -0.123. The Morgan fingerprint density at radius 3 is 2.50 bits per heavy atom. The van der Waals surface area contributed by atoms with E-state index in [2.05, 4.69) is 24.9 Å². The molecule has 0 N–H and O–H groups in total. The molecule has 0 radical (unpaired) electrons. The van der Waals surface area contributed by atoms with Gasteiger partial charge in [-0.3, -0.25) is 9.78 Å². The van der Waals surface area contributed by atoms with E-state index in [1.807, 2.05) is 12.3 Å². The normalized spacial score (nSPS) is 22.7. The number of nitrogens with zero attached hydrogens (tertiary/aromatic N) is 1. The molecular formula is C18H27NO. The Balaban J connectivity index is 1.83. The van der Waals surface area contributed by atoms with Crippen molar-refractivity contribution in [2.75, 3.05) is 0 Å². The number of aryl methyl sites for hydroxylation is 1. The van der Waals surface area contributed by atoms with E-state index >= 15 is 0 Å². The van der Waals surface area contributed by atoms with Crippen molar-refractivity contribution in [3.63, 3.8) is 0 Å². The van der Waals surface area contributed by atoms with Gasteiger partial charge in [-0.05, 0) is 49.7 Å². The molecule has 0 aromatic carbocycles. The van der Waals surface area contributed by atoms with Crippen LogP contribution in [0, 0.1) is 11.8 Å². The van der Waals surface area contributed by atoms with Crippen molar-refractivity contribution in [1.82, 2.24) is 4.98 Å². The van der Waals surface area contributed by atoms with Crippen LogP contribution in [0.15, 0.2) is 18.3 Å². The van der Waals surface area contributed by atoms with Crippen molar-refractivity contribution >= 4 is 5.78 Å². The number of rotatable bonds is 6. The molecule has 1 aliphatic carbocycles. The van der Waals surface area contributed by atoms with Crippen molar-refractivity contribution in [1.29, 1.82) is 0 Å². The zero-order valence-corrected chi connectivity index (χ0v) is 12.9. The molecule has 1 saturated carbocycles. The minimum atomic E-state index is 0.288. The third-order valence-corrected chi connectivity index (χ3v) is 4.65. The summed E-state index contributed by atoms with van der Waals surface area (Å²) < 4.78 is 0. The molecule has 2 heteroatoms. The highest BCUT2D eigenvalue weighted by Gasteiger charge is 2.25. The molecule has 1 aliphatic rings. The fourth-order valence-corrected chi connectivity index (χ4v) is 3.27. The van der Waals surface area contributed by atoms with E-state index in [1.54, 1.807) is 0 Å². The van der Waals surface area contributed by atoms with Gasteiger partial charge in [0.2, 0.25) is 0 Å². The monoisotopic (exact) mass is 273 g/mol. The van der Waals surface area contributed by atoms with Crippen LogP contribution in [-0.4, -0.2) is 10.8 Å². The van der Waals surface area contributed by atoms with Crippen molar-refractivity contribution < 1.29 is 4.79 Å². The number of Topliss-reactive ketones (excluding diaryl/α,β-unsaturated/α-hetero) is 1. The van der Waals surface area contributed by atoms with Crippen LogP contribution in [-0.2, 0) is 17.6 Å². The van der Waals surface area contributed by atoms with Gasteiger partial charge in [0.25, 0.3) is 0 Å². The van der Waals surface area contributed by atoms with Gasteiger partial charge in [-0.2, -0.15) is 0 Å². The molecule has 2 rings (SSSR count). The fraction of sp³-hybridized carbons (Fsp3) is 0.667. The SMILES string of the molecule is CCCC1CCC(C(=O)Cc2ccc(CC)cn2)CC1. The standard InChI is InChI=1S/C18H27NO/c1-3-5-15-6-9-16(10-7-15)18(20)12-17-11-8-14(4-2)13-19-17/h8,11,13,15-16H,3-7,9-10,12H2,1-2H3. The van der Waals surface area contributed by atoms with Crippen LogP contribution in [0.25, 0.3) is 0 Å². The van der Waals surface area contributed by atoms with Gasteiger partial charge in [0.15, 0.2) is 0 Å². The van der Waals surface area contributed by atoms with E-state index in [0.717, 1.165) is 30.9 Å². The Morgan fingerprint density at radius 1 is 1.20 bits per heavy atom. The molecular weight excluding hydrogens is 246 g/mol. The predicted octanol–water partition coefficient (Wildman–Crippen LogP) is 4.36. The molecule has 0 saturated heterocycles. The number of carbonyl (C=O) groups excluding carboxylic acids is 1. The maximum Gasteiger partial charge on any atom is 0.141 e. The van der Waals surface area contributed by atoms with Gasteiger partial charge < -0.3 is 0 Å². The Bertz CT molecular complexity index is 416. The number of ketones is 1. The molecule has 0 bridgehead atoms. The summed E-state index contributed by atoms with van der Waals surface area (Å²) in [5, 5.41) is 0. The summed E-state index contributed by atoms with van der Waals surface area (Å²) in [6.07, 6.45) is 10.7. The van der Waals surface area contributed by atoms with Gasteiger partial charge >= 0.3 is 0 Å². The molecule has 1 aromatic rings. The Hall–Kier alpha value is -1.18. The first-order chi connectivity index (χ1) is 9.72. The van der Waals surface area contributed by atoms with Crippen molar-refractivity contribution in [2.24, 2.45) is 11.8 Å². The molecule has 2 nitrogen and oxygen atoms in total. The summed E-state index contributed by atoms with van der Waals surface area (Å²) in [6, 6.07) is 4.10. The van der Waals surface area contributed by atoms with Crippen LogP contribution in [0.3, 0.4) is 0 Å². The van der Waals surface area contributed by atoms with Crippen LogP contribution < -0.4 is 0 Å². The van der Waals surface area contributed by atoms with Crippen LogP contribution >= 0.6 is 0 Å². The second kappa shape index (κ2) is 7.56. The van der Waals surface area contributed by atoms with Crippen LogP contribution in [0.5, 0.6) is 0 Å². The number of aromatic nitrogens is 1. The predicted molar refractivity (Wildman–Crippen MR) is 82.7 cm³/mol. The topological polar surface area (TPSA) is 30.0 Å². The summed E-state index contributed by atoms with van der Waals surface area (Å²) in [4.78, 5) is 16.8. The third kappa shape index (κ3) is 4.16. The van der Waals surface area contributed by atoms with Gasteiger partial charge in [0, 0.05) is 24.2 Å². The van der Waals surface area contributed by atoms with E-state index in [0.29, 0.717) is 12.2 Å². The number of hydrogen-bond donors (Lipinski definition) is 0. The van der Waals surface area contributed by atoms with Gasteiger partial charge in [0.05, 0.1) is 0 Å². The average Bonchev–Trinajstić information content (AvgIpc) is 2.49. The van der Waals surface area contributed by atoms with E-state index < -0.39 is 0 Å². The molecule has 0 spiro atoms. The van der Waals surface area contributed by atoms with E-state index in [-0.39, 0.29) is 5.92 Å². The summed E-state index contributed by atoms with van der Waals surface area (Å²) in [5.41, 5.74) is 2.17. The summed E-state index contributed by atoms with van der Waals surface area (Å²) in [5.74, 6) is 1.55. The fourth-order valence-electron chi connectivity index (χ4n) is 3.27. The number of carbonyl (C=O) groups is 1. The number of pyridine rings is 1. The third-order valence-electron chi connectivity index (χ3n) is 4.65. The zero-order chi connectivity index (χ0) is 14.4. The van der Waals surface area contributed by atoms with Gasteiger partial charge in [-0.25, -0.2) is 0 Å². The van der Waals surface area contributed by atoms with E-state index in [1.165, 1.54) is 31.2 Å². The quantitative estimate of drug-likeness (QED) is 0.770. The van der Waals surface area contributed by atoms with Crippen molar-refractivity contribution in [3.8, 4) is 0 Å². The molecule has 0 atom stereocenters. The highest BCUT2D eigenvalue weighted by Crippen LogP contribution is 2.32. The van der Waals surface area contributed by atoms with Gasteiger partial charge in [-0.1, -0.05) is 32.8 Å². The molecule has 20 heavy (non-hydrogen) atoms. The zero-order valence-electron chi connectivity index (χ0n) is 12.9. The maximum absolute atomic E-state index is 12.3. The van der Waals surface area contributed by atoms with Crippen molar-refractivity contribution in [2.45, 2.75) is 65.2 Å². The Morgan fingerprint density at radius 2 is 1.95 bits per heavy atom. The highest BCUT2D eigenvalue weighted by atomic mass is 16.1. The molecule has 110 valence electrons. The van der Waals surface area contributed by atoms with E-state index in [9.17, 15) is 4.79 Å². The van der Waals surface area contributed by atoms with Crippen LogP contribution in [0.1, 0.15) is 63.6 Å². The minimum Gasteiger partial charge on any atom is -0.299 e. The second-order valence-corrected chi connectivity index (χ2v) is 6.16. The first-order valence-electron chi connectivity index (χ1n) is 8.19. The second-order valence-electron chi connectivity index (χ2n) is 6.16. The molecule has 1 heterocycles. The van der Waals surface area contributed by atoms with Crippen LogP contribution in [0.2, 0.25) is 0 Å². The Kier molecular flexibility index (Phi) is 5.75. The molecule has 1 fully saturated rings. The smallest absolute Gasteiger partial charge is 0.141 e. The molecule has 0 amide bonds. The summed E-state index contributed by atoms with van der Waals surface area (Å²) in [7, 11) is 0. The number of hydrogen-bond acceptors (Lipinski definition) is 2. The van der Waals surface area contributed by atoms with Gasteiger partial charge in [0.1, 0.15) is 5.78 Å². The first-order valence-corrected chi connectivity index (χ1v) is 8.19. The molecule has 0 aliphatic heterocycles. The lowest BCUT2D eigenvalue weighted by Gasteiger charge is -2.27. The van der Waals surface area contributed by atoms with Gasteiger partial charge in [-0.15, -0.1) is 0 Å². The summed E-state index contributed by atoms with van der Waals surface area (Å²) in [6.45, 7) is 4.37. The highest BCUT2D eigenvalue weighted by molar-refractivity contribution is 5.82. The molecule has 0 unspecified atom stereocenters. The summed E-state index contributed by atoms with van der Waals surface area (Å²) >= 11 is 0. The lowest BCUT2D eigenvalue weighted by Crippen LogP contribution is -2.23. The lowest BCUT2D eigenvalue weighted by atomic mass is 9.77. The average molecular weight is 273 g/mol. The van der Waals surface area contributed by atoms with Crippen molar-refractivity contribution in [3.05, 3.63) is 29.6 Å². The first kappa shape index (κ1) is 15.2. The largest absolute Gasteiger partial charge is 0.299 e. The molecule has 1 aromatic heterocycles. The minimum absolute atomic E-state index is 0.288. The Labute approximate surface area is 123 Å². The van der Waals surface area contributed by atoms with E-state index in [4.69, 9.17) is 0 Å².